The van der Waals surface area contributed by atoms with Crippen LogP contribution in [0.25, 0.3) is 0 Å². The third-order valence-corrected chi connectivity index (χ3v) is 6.94. The lowest BCUT2D eigenvalue weighted by Crippen LogP contribution is -2.45. The van der Waals surface area contributed by atoms with E-state index >= 15 is 0 Å². The van der Waals surface area contributed by atoms with Crippen LogP contribution in [0.2, 0.25) is 0 Å². The number of carbonyl (C=O) groups is 1. The number of amides is 1. The van der Waals surface area contributed by atoms with Gasteiger partial charge < -0.3 is 4.90 Å². The van der Waals surface area contributed by atoms with Crippen molar-refractivity contribution in [2.75, 3.05) is 13.1 Å². The van der Waals surface area contributed by atoms with Crippen molar-refractivity contribution in [3.63, 3.8) is 0 Å². The van der Waals surface area contributed by atoms with E-state index in [-0.39, 0.29) is 5.54 Å². The molecule has 4 heterocycles. The van der Waals surface area contributed by atoms with Crippen molar-refractivity contribution in [1.29, 1.82) is 0 Å². The topological polar surface area (TPSA) is 36.4 Å². The van der Waals surface area contributed by atoms with Crippen LogP contribution in [0.1, 0.15) is 47.4 Å². The second kappa shape index (κ2) is 7.49. The van der Waals surface area contributed by atoms with Gasteiger partial charge in [-0.2, -0.15) is 0 Å². The Morgan fingerprint density at radius 1 is 1.08 bits per heavy atom. The molecule has 0 bridgehead atoms. The first-order valence-electron chi connectivity index (χ1n) is 9.62. The molecule has 4 nitrogen and oxygen atoms in total. The summed E-state index contributed by atoms with van der Waals surface area (Å²) in [5.41, 5.74) is 1.24. The summed E-state index contributed by atoms with van der Waals surface area (Å²) in [6.07, 6.45) is 8.75. The second-order valence-electron chi connectivity index (χ2n) is 7.70. The Hall–Kier alpha value is -1.72. The summed E-state index contributed by atoms with van der Waals surface area (Å²) in [5, 5.41) is 0. The summed E-state index contributed by atoms with van der Waals surface area (Å²) in [7, 11) is 0. The molecular weight excluding hydrogens is 342 g/mol. The van der Waals surface area contributed by atoms with E-state index in [9.17, 15) is 4.79 Å². The number of nitrogens with zero attached hydrogens (tertiary/aromatic N) is 3. The van der Waals surface area contributed by atoms with Crippen molar-refractivity contribution in [2.45, 2.75) is 57.7 Å². The largest absolute Gasteiger partial charge is 0.333 e. The van der Waals surface area contributed by atoms with Crippen molar-refractivity contribution in [3.8, 4) is 0 Å². The first-order valence-corrected chi connectivity index (χ1v) is 10.4. The van der Waals surface area contributed by atoms with Gasteiger partial charge in [0.1, 0.15) is 0 Å². The standard InChI is InChI=1S/C21H27N3OS/c1-17-3-4-19(26-17)16-23-13-2-8-21(10-14-23)9-5-20(25)24(21)15-18-6-11-22-12-7-18/h3-4,6-7,11-12H,2,5,8-10,13-16H2,1H3/t21-/m1/s1. The maximum absolute atomic E-state index is 12.6. The van der Waals surface area contributed by atoms with Gasteiger partial charge in [-0.25, -0.2) is 0 Å². The van der Waals surface area contributed by atoms with Crippen LogP contribution in [-0.4, -0.2) is 39.3 Å². The average Bonchev–Trinajstić information content (AvgIpc) is 3.10. The van der Waals surface area contributed by atoms with Crippen LogP contribution in [-0.2, 0) is 17.9 Å². The molecule has 138 valence electrons. The highest BCUT2D eigenvalue weighted by Gasteiger charge is 2.45. The van der Waals surface area contributed by atoms with E-state index in [1.54, 1.807) is 0 Å². The van der Waals surface area contributed by atoms with Gasteiger partial charge >= 0.3 is 0 Å². The van der Waals surface area contributed by atoms with Gasteiger partial charge in [0.25, 0.3) is 0 Å². The number of hydrogen-bond acceptors (Lipinski definition) is 4. The third kappa shape index (κ3) is 3.69. The lowest BCUT2D eigenvalue weighted by molar-refractivity contribution is -0.132. The highest BCUT2D eigenvalue weighted by molar-refractivity contribution is 7.11. The maximum Gasteiger partial charge on any atom is 0.223 e. The summed E-state index contributed by atoms with van der Waals surface area (Å²) in [4.78, 5) is 24.3. The van der Waals surface area contributed by atoms with Crippen molar-refractivity contribution < 1.29 is 4.79 Å². The molecule has 1 amide bonds. The molecular formula is C21H27N3OS. The van der Waals surface area contributed by atoms with Gasteiger partial charge in [-0.3, -0.25) is 14.7 Å². The fourth-order valence-electron chi connectivity index (χ4n) is 4.50. The summed E-state index contributed by atoms with van der Waals surface area (Å²) < 4.78 is 0. The molecule has 2 saturated heterocycles. The first kappa shape index (κ1) is 17.7. The molecule has 2 aliphatic heterocycles. The number of aromatic nitrogens is 1. The highest BCUT2D eigenvalue weighted by atomic mass is 32.1. The van der Waals surface area contributed by atoms with Gasteiger partial charge in [0.05, 0.1) is 0 Å². The summed E-state index contributed by atoms with van der Waals surface area (Å²) >= 11 is 1.90. The van der Waals surface area contributed by atoms with Crippen molar-refractivity contribution in [2.24, 2.45) is 0 Å². The summed E-state index contributed by atoms with van der Waals surface area (Å²) in [6, 6.07) is 8.53. The van der Waals surface area contributed by atoms with Crippen LogP contribution in [0.4, 0.5) is 0 Å². The molecule has 2 fully saturated rings. The number of carbonyl (C=O) groups excluding carboxylic acids is 1. The Bertz CT molecular complexity index is 760. The van der Waals surface area contributed by atoms with Crippen LogP contribution in [0.15, 0.2) is 36.7 Å². The van der Waals surface area contributed by atoms with E-state index in [1.165, 1.54) is 21.7 Å². The third-order valence-electron chi connectivity index (χ3n) is 5.95. The molecule has 5 heteroatoms. The fourth-order valence-corrected chi connectivity index (χ4v) is 5.44. The van der Waals surface area contributed by atoms with Crippen LogP contribution in [0, 0.1) is 6.92 Å². The molecule has 2 aromatic rings. The maximum atomic E-state index is 12.6. The molecule has 0 N–H and O–H groups in total. The van der Waals surface area contributed by atoms with E-state index < -0.39 is 0 Å². The molecule has 26 heavy (non-hydrogen) atoms. The van der Waals surface area contributed by atoms with Crippen LogP contribution < -0.4 is 0 Å². The number of thiophene rings is 1. The number of aryl methyl sites for hydroxylation is 1. The molecule has 1 spiro atoms. The number of likely N-dealkylation sites (tertiary alicyclic amines) is 2. The minimum absolute atomic E-state index is 0.0560. The van der Waals surface area contributed by atoms with Crippen molar-refractivity contribution >= 4 is 17.2 Å². The quantitative estimate of drug-likeness (QED) is 0.817. The number of pyridine rings is 1. The molecule has 0 aliphatic carbocycles. The normalized spacial score (nSPS) is 24.3. The molecule has 0 aromatic carbocycles. The Kier molecular flexibility index (Phi) is 5.09. The van der Waals surface area contributed by atoms with Crippen LogP contribution in [0.3, 0.4) is 0 Å². The van der Waals surface area contributed by atoms with E-state index in [0.717, 1.165) is 45.4 Å². The Balaban J connectivity index is 1.46. The number of rotatable bonds is 4. The van der Waals surface area contributed by atoms with Crippen molar-refractivity contribution in [1.82, 2.24) is 14.8 Å². The predicted molar refractivity (Wildman–Crippen MR) is 105 cm³/mol. The van der Waals surface area contributed by atoms with Gasteiger partial charge in [0.15, 0.2) is 0 Å². The Morgan fingerprint density at radius 2 is 1.92 bits per heavy atom. The SMILES string of the molecule is Cc1ccc(CN2CCC[C@@]3(CCC(=O)N3Cc3ccncc3)CC2)s1. The molecule has 4 rings (SSSR count). The lowest BCUT2D eigenvalue weighted by Gasteiger charge is -2.38. The van der Waals surface area contributed by atoms with E-state index in [0.29, 0.717) is 12.3 Å². The molecule has 2 aromatic heterocycles. The van der Waals surface area contributed by atoms with Gasteiger partial charge in [0, 0.05) is 53.7 Å². The zero-order valence-electron chi connectivity index (χ0n) is 15.5. The zero-order valence-corrected chi connectivity index (χ0v) is 16.3. The predicted octanol–water partition coefficient (Wildman–Crippen LogP) is 4.00. The fraction of sp³-hybridized carbons (Fsp3) is 0.524. The minimum Gasteiger partial charge on any atom is -0.333 e. The van der Waals surface area contributed by atoms with Crippen LogP contribution >= 0.6 is 11.3 Å². The summed E-state index contributed by atoms with van der Waals surface area (Å²) in [5.74, 6) is 0.323. The smallest absolute Gasteiger partial charge is 0.223 e. The minimum atomic E-state index is 0.0560. The van der Waals surface area contributed by atoms with E-state index in [1.807, 2.05) is 35.9 Å². The lowest BCUT2D eigenvalue weighted by atomic mass is 9.87. The molecule has 1 atom stereocenters. The zero-order chi connectivity index (χ0) is 18.0. The highest BCUT2D eigenvalue weighted by Crippen LogP contribution is 2.40. The molecule has 0 unspecified atom stereocenters. The van der Waals surface area contributed by atoms with E-state index in [2.05, 4.69) is 33.8 Å². The molecule has 2 aliphatic rings. The molecule has 0 saturated carbocycles. The van der Waals surface area contributed by atoms with Crippen LogP contribution in [0.5, 0.6) is 0 Å². The van der Waals surface area contributed by atoms with Gasteiger partial charge in [-0.05, 0) is 69.0 Å². The van der Waals surface area contributed by atoms with Gasteiger partial charge in [0.2, 0.25) is 5.91 Å². The summed E-state index contributed by atoms with van der Waals surface area (Å²) in [6.45, 7) is 6.16. The van der Waals surface area contributed by atoms with Crippen molar-refractivity contribution in [3.05, 3.63) is 52.0 Å². The Morgan fingerprint density at radius 3 is 2.69 bits per heavy atom. The van der Waals surface area contributed by atoms with Gasteiger partial charge in [-0.1, -0.05) is 0 Å². The molecule has 0 radical (unpaired) electrons. The van der Waals surface area contributed by atoms with E-state index in [4.69, 9.17) is 0 Å². The first-order chi connectivity index (χ1) is 12.6. The second-order valence-corrected chi connectivity index (χ2v) is 9.07. The van der Waals surface area contributed by atoms with Gasteiger partial charge in [-0.15, -0.1) is 11.3 Å². The average molecular weight is 370 g/mol. The monoisotopic (exact) mass is 369 g/mol. The Labute approximate surface area is 159 Å². The number of hydrogen-bond donors (Lipinski definition) is 0.